The third-order valence-corrected chi connectivity index (χ3v) is 7.65. The summed E-state index contributed by atoms with van der Waals surface area (Å²) < 4.78 is 32.9. The molecule has 2 aromatic rings. The smallest absolute Gasteiger partial charge is 0.252 e. The van der Waals surface area contributed by atoms with Crippen molar-refractivity contribution < 1.29 is 13.2 Å². The fraction of sp³-hybridized carbons (Fsp3) is 0.444. The molecule has 0 radical (unpaired) electrons. The zero-order valence-electron chi connectivity index (χ0n) is 14.6. The summed E-state index contributed by atoms with van der Waals surface area (Å²) in [6.07, 6.45) is 0. The fourth-order valence-corrected chi connectivity index (χ4v) is 5.78. The van der Waals surface area contributed by atoms with Crippen LogP contribution in [0.15, 0.2) is 40.6 Å². The summed E-state index contributed by atoms with van der Waals surface area (Å²) in [6.45, 7) is 7.97. The second kappa shape index (κ2) is 7.86. The van der Waals surface area contributed by atoms with Gasteiger partial charge in [-0.2, -0.15) is 4.31 Å². The van der Waals surface area contributed by atoms with Gasteiger partial charge in [0.1, 0.15) is 9.96 Å². The molecular weight excluding hydrogens is 356 g/mol. The van der Waals surface area contributed by atoms with Crippen LogP contribution in [0.25, 0.3) is 0 Å². The predicted molar refractivity (Wildman–Crippen MR) is 101 cm³/mol. The normalized spacial score (nSPS) is 16.9. The van der Waals surface area contributed by atoms with Crippen molar-refractivity contribution in [1.29, 1.82) is 0 Å². The topological polar surface area (TPSA) is 49.9 Å². The van der Waals surface area contributed by atoms with Gasteiger partial charge in [0.2, 0.25) is 0 Å². The minimum atomic E-state index is -3.34. The molecular formula is C18H24N2O3S2. The number of ether oxygens (including phenoxy) is 1. The minimum Gasteiger partial charge on any atom is -0.494 e. The van der Waals surface area contributed by atoms with Gasteiger partial charge in [0.05, 0.1) is 6.61 Å². The van der Waals surface area contributed by atoms with Gasteiger partial charge < -0.3 is 4.74 Å². The second-order valence-corrected chi connectivity index (χ2v) is 9.57. The number of rotatable bonds is 6. The molecule has 3 rings (SSSR count). The van der Waals surface area contributed by atoms with E-state index in [9.17, 15) is 8.42 Å². The first-order valence-corrected chi connectivity index (χ1v) is 10.8. The maximum absolute atomic E-state index is 12.7. The Kier molecular flexibility index (Phi) is 5.78. The summed E-state index contributed by atoms with van der Waals surface area (Å²) in [7, 11) is -3.34. The first-order chi connectivity index (χ1) is 12.0. The van der Waals surface area contributed by atoms with Crippen LogP contribution in [-0.4, -0.2) is 50.4 Å². The summed E-state index contributed by atoms with van der Waals surface area (Å²) in [5.74, 6) is 0.883. The van der Waals surface area contributed by atoms with Crippen LogP contribution in [0, 0.1) is 6.92 Å². The predicted octanol–water partition coefficient (Wildman–Crippen LogP) is 2.96. The van der Waals surface area contributed by atoms with Crippen LogP contribution in [0.3, 0.4) is 0 Å². The summed E-state index contributed by atoms with van der Waals surface area (Å²) in [6, 6.07) is 11.7. The molecule has 1 aromatic carbocycles. The van der Waals surface area contributed by atoms with E-state index in [2.05, 4.69) is 17.0 Å². The summed E-state index contributed by atoms with van der Waals surface area (Å²) in [4.78, 5) is 3.31. The molecule has 1 fully saturated rings. The third-order valence-electron chi connectivity index (χ3n) is 4.28. The molecule has 1 saturated heterocycles. The van der Waals surface area contributed by atoms with Gasteiger partial charge in [0.25, 0.3) is 10.0 Å². The number of hydrogen-bond acceptors (Lipinski definition) is 5. The molecule has 0 atom stereocenters. The number of aryl methyl sites for hydroxylation is 1. The summed E-state index contributed by atoms with van der Waals surface area (Å²) in [5.41, 5.74) is 1.22. The highest BCUT2D eigenvalue weighted by Gasteiger charge is 2.29. The first-order valence-electron chi connectivity index (χ1n) is 8.49. The van der Waals surface area contributed by atoms with E-state index < -0.39 is 10.0 Å². The van der Waals surface area contributed by atoms with Crippen molar-refractivity contribution in [2.75, 3.05) is 32.8 Å². The molecule has 1 aliphatic rings. The van der Waals surface area contributed by atoms with Gasteiger partial charge in [-0.15, -0.1) is 11.3 Å². The van der Waals surface area contributed by atoms with Crippen molar-refractivity contribution in [2.45, 2.75) is 24.6 Å². The monoisotopic (exact) mass is 380 g/mol. The number of benzene rings is 1. The van der Waals surface area contributed by atoms with Crippen LogP contribution in [0.1, 0.15) is 17.4 Å². The molecule has 2 heterocycles. The van der Waals surface area contributed by atoms with Crippen molar-refractivity contribution in [2.24, 2.45) is 0 Å². The lowest BCUT2D eigenvalue weighted by Crippen LogP contribution is -2.48. The van der Waals surface area contributed by atoms with Crippen molar-refractivity contribution in [1.82, 2.24) is 9.21 Å². The Labute approximate surface area is 153 Å². The van der Waals surface area contributed by atoms with Crippen LogP contribution in [0.5, 0.6) is 5.75 Å². The maximum atomic E-state index is 12.7. The van der Waals surface area contributed by atoms with E-state index in [4.69, 9.17) is 4.74 Å². The number of sulfonamides is 1. The number of nitrogens with zero attached hydrogens (tertiary/aromatic N) is 2. The van der Waals surface area contributed by atoms with E-state index in [1.807, 2.05) is 32.0 Å². The Bertz CT molecular complexity index is 792. The fourth-order valence-electron chi connectivity index (χ4n) is 2.92. The van der Waals surface area contributed by atoms with E-state index in [0.717, 1.165) is 30.3 Å². The molecule has 0 aliphatic carbocycles. The lowest BCUT2D eigenvalue weighted by atomic mass is 10.2. The zero-order valence-corrected chi connectivity index (χ0v) is 16.3. The molecule has 7 heteroatoms. The van der Waals surface area contributed by atoms with Gasteiger partial charge in [-0.1, -0.05) is 12.1 Å². The van der Waals surface area contributed by atoms with Crippen molar-refractivity contribution in [3.8, 4) is 5.75 Å². The number of thiophene rings is 1. The lowest BCUT2D eigenvalue weighted by Gasteiger charge is -2.33. The zero-order chi connectivity index (χ0) is 17.9. The van der Waals surface area contributed by atoms with E-state index in [-0.39, 0.29) is 0 Å². The Morgan fingerprint density at radius 1 is 1.04 bits per heavy atom. The summed E-state index contributed by atoms with van der Waals surface area (Å²) >= 11 is 1.34. The molecule has 0 saturated carbocycles. The van der Waals surface area contributed by atoms with E-state index in [0.29, 0.717) is 23.9 Å². The number of piperazine rings is 1. The summed E-state index contributed by atoms with van der Waals surface area (Å²) in [5, 5.41) is 0. The highest BCUT2D eigenvalue weighted by Crippen LogP contribution is 2.25. The molecule has 0 N–H and O–H groups in total. The molecule has 5 nitrogen and oxygen atoms in total. The molecule has 0 spiro atoms. The first kappa shape index (κ1) is 18.4. The van der Waals surface area contributed by atoms with Gasteiger partial charge in [0, 0.05) is 37.6 Å². The Balaban J connectivity index is 1.56. The average molecular weight is 381 g/mol. The van der Waals surface area contributed by atoms with E-state index in [1.54, 1.807) is 10.4 Å². The van der Waals surface area contributed by atoms with Crippen molar-refractivity contribution >= 4 is 21.4 Å². The van der Waals surface area contributed by atoms with Gasteiger partial charge in [0.15, 0.2) is 0 Å². The van der Waals surface area contributed by atoms with E-state index in [1.165, 1.54) is 16.9 Å². The van der Waals surface area contributed by atoms with Crippen LogP contribution >= 0.6 is 11.3 Å². The largest absolute Gasteiger partial charge is 0.494 e. The van der Waals surface area contributed by atoms with Gasteiger partial charge in [-0.3, -0.25) is 4.90 Å². The standard InChI is InChI=1S/C18H24N2O3S2/c1-3-23-17-7-5-16(6-8-17)14-19-10-12-20(13-11-19)25(21,22)18-9-4-15(2)24-18/h4-9H,3,10-14H2,1-2H3. The Morgan fingerprint density at radius 2 is 1.72 bits per heavy atom. The van der Waals surface area contributed by atoms with Gasteiger partial charge >= 0.3 is 0 Å². The highest BCUT2D eigenvalue weighted by molar-refractivity contribution is 7.91. The molecule has 25 heavy (non-hydrogen) atoms. The second-order valence-electron chi connectivity index (χ2n) is 6.12. The quantitative estimate of drug-likeness (QED) is 0.773. The van der Waals surface area contributed by atoms with Gasteiger partial charge in [-0.05, 0) is 43.7 Å². The highest BCUT2D eigenvalue weighted by atomic mass is 32.2. The van der Waals surface area contributed by atoms with E-state index >= 15 is 0 Å². The molecule has 1 aromatic heterocycles. The Morgan fingerprint density at radius 3 is 2.28 bits per heavy atom. The maximum Gasteiger partial charge on any atom is 0.252 e. The van der Waals surface area contributed by atoms with Crippen LogP contribution in [0.2, 0.25) is 0 Å². The lowest BCUT2D eigenvalue weighted by molar-refractivity contribution is 0.181. The van der Waals surface area contributed by atoms with Crippen LogP contribution in [0.4, 0.5) is 0 Å². The molecule has 0 unspecified atom stereocenters. The van der Waals surface area contributed by atoms with Crippen molar-refractivity contribution in [3.63, 3.8) is 0 Å². The SMILES string of the molecule is CCOc1ccc(CN2CCN(S(=O)(=O)c3ccc(C)s3)CC2)cc1. The molecule has 136 valence electrons. The minimum absolute atomic E-state index is 0.449. The third kappa shape index (κ3) is 4.41. The van der Waals surface area contributed by atoms with Gasteiger partial charge in [-0.25, -0.2) is 8.42 Å². The van der Waals surface area contributed by atoms with Crippen LogP contribution in [-0.2, 0) is 16.6 Å². The number of hydrogen-bond donors (Lipinski definition) is 0. The average Bonchev–Trinajstić information content (AvgIpc) is 3.05. The van der Waals surface area contributed by atoms with Crippen LogP contribution < -0.4 is 4.74 Å². The molecule has 1 aliphatic heterocycles. The van der Waals surface area contributed by atoms with Crippen molar-refractivity contribution in [3.05, 3.63) is 46.8 Å². The molecule has 0 amide bonds. The molecule has 0 bridgehead atoms. The Hall–Kier alpha value is -1.41.